The van der Waals surface area contributed by atoms with Crippen molar-refractivity contribution in [3.05, 3.63) is 53.6 Å². The van der Waals surface area contributed by atoms with E-state index < -0.39 is 6.04 Å². The predicted molar refractivity (Wildman–Crippen MR) is 86.2 cm³/mol. The van der Waals surface area contributed by atoms with Crippen LogP contribution in [0.4, 0.5) is 11.4 Å². The van der Waals surface area contributed by atoms with Crippen LogP contribution < -0.4 is 15.4 Å². The zero-order chi connectivity index (χ0) is 15.2. The number of methoxy groups -OCH3 is 1. The molecule has 0 saturated carbocycles. The number of hydrogen-bond donors (Lipinski definition) is 2. The average molecular weight is 305 g/mol. The van der Waals surface area contributed by atoms with Crippen LogP contribution in [0.25, 0.3) is 0 Å². The van der Waals surface area contributed by atoms with Gasteiger partial charge in [0, 0.05) is 10.7 Å². The number of hydrogen-bond acceptors (Lipinski definition) is 3. The van der Waals surface area contributed by atoms with E-state index in [1.807, 2.05) is 30.3 Å². The third-order valence-corrected chi connectivity index (χ3v) is 3.20. The average Bonchev–Trinajstić information content (AvgIpc) is 2.48. The first-order chi connectivity index (χ1) is 10.1. The van der Waals surface area contributed by atoms with Crippen LogP contribution in [0, 0.1) is 0 Å². The summed E-state index contributed by atoms with van der Waals surface area (Å²) in [6.45, 7) is 1.79. The highest BCUT2D eigenvalue weighted by atomic mass is 35.5. The first-order valence-corrected chi connectivity index (χ1v) is 6.94. The third kappa shape index (κ3) is 4.13. The summed E-state index contributed by atoms with van der Waals surface area (Å²) < 4.78 is 5.21. The van der Waals surface area contributed by atoms with Crippen molar-refractivity contribution < 1.29 is 9.53 Å². The number of para-hydroxylation sites is 1. The van der Waals surface area contributed by atoms with Gasteiger partial charge in [0.05, 0.1) is 12.8 Å². The SMILES string of the molecule is COc1ccc(Cl)cc1NC(=O)C(C)Nc1ccccc1. The summed E-state index contributed by atoms with van der Waals surface area (Å²) in [5.74, 6) is 0.402. The standard InChI is InChI=1S/C16H17ClN2O2/c1-11(18-13-6-4-3-5-7-13)16(20)19-14-10-12(17)8-9-15(14)21-2/h3-11,18H,1-2H3,(H,19,20). The van der Waals surface area contributed by atoms with E-state index in [9.17, 15) is 4.79 Å². The van der Waals surface area contributed by atoms with Crippen LogP contribution in [-0.2, 0) is 4.79 Å². The highest BCUT2D eigenvalue weighted by Crippen LogP contribution is 2.27. The molecule has 0 aliphatic rings. The molecule has 1 unspecified atom stereocenters. The molecule has 2 aromatic carbocycles. The van der Waals surface area contributed by atoms with E-state index >= 15 is 0 Å². The molecule has 2 aromatic rings. The lowest BCUT2D eigenvalue weighted by Gasteiger charge is -2.16. The van der Waals surface area contributed by atoms with Crippen molar-refractivity contribution in [3.8, 4) is 5.75 Å². The fraction of sp³-hybridized carbons (Fsp3) is 0.188. The fourth-order valence-corrected chi connectivity index (χ4v) is 2.04. The number of benzene rings is 2. The minimum Gasteiger partial charge on any atom is -0.495 e. The van der Waals surface area contributed by atoms with Crippen molar-refractivity contribution in [1.82, 2.24) is 0 Å². The van der Waals surface area contributed by atoms with Gasteiger partial charge in [-0.05, 0) is 37.3 Å². The first-order valence-electron chi connectivity index (χ1n) is 6.56. The van der Waals surface area contributed by atoms with Crippen LogP contribution in [0.15, 0.2) is 48.5 Å². The van der Waals surface area contributed by atoms with Gasteiger partial charge in [0.25, 0.3) is 0 Å². The van der Waals surface area contributed by atoms with Crippen LogP contribution in [0.1, 0.15) is 6.92 Å². The number of nitrogens with one attached hydrogen (secondary N) is 2. The van der Waals surface area contributed by atoms with Gasteiger partial charge in [0.2, 0.25) is 5.91 Å². The fourth-order valence-electron chi connectivity index (χ4n) is 1.87. The monoisotopic (exact) mass is 304 g/mol. The summed E-state index contributed by atoms with van der Waals surface area (Å²) >= 11 is 5.94. The van der Waals surface area contributed by atoms with E-state index in [1.165, 1.54) is 0 Å². The Morgan fingerprint density at radius 2 is 1.90 bits per heavy atom. The van der Waals surface area contributed by atoms with Gasteiger partial charge in [-0.25, -0.2) is 0 Å². The maximum absolute atomic E-state index is 12.2. The van der Waals surface area contributed by atoms with Gasteiger partial charge in [-0.15, -0.1) is 0 Å². The molecule has 0 aliphatic heterocycles. The second-order valence-electron chi connectivity index (χ2n) is 4.57. The molecule has 110 valence electrons. The second-order valence-corrected chi connectivity index (χ2v) is 5.00. The zero-order valence-corrected chi connectivity index (χ0v) is 12.6. The topological polar surface area (TPSA) is 50.4 Å². The molecule has 0 heterocycles. The Morgan fingerprint density at radius 3 is 2.57 bits per heavy atom. The summed E-state index contributed by atoms with van der Waals surface area (Å²) in [5, 5.41) is 6.48. The van der Waals surface area contributed by atoms with E-state index in [-0.39, 0.29) is 5.91 Å². The van der Waals surface area contributed by atoms with E-state index in [2.05, 4.69) is 10.6 Å². The molecule has 1 atom stereocenters. The van der Waals surface area contributed by atoms with Crippen molar-refractivity contribution in [1.29, 1.82) is 0 Å². The second kappa shape index (κ2) is 6.99. The molecule has 0 spiro atoms. The molecule has 0 aromatic heterocycles. The van der Waals surface area contributed by atoms with E-state index in [0.717, 1.165) is 5.69 Å². The number of halogens is 1. The summed E-state index contributed by atoms with van der Waals surface area (Å²) in [4.78, 5) is 12.2. The first kappa shape index (κ1) is 15.2. The maximum atomic E-state index is 12.2. The summed E-state index contributed by atoms with van der Waals surface area (Å²) in [6.07, 6.45) is 0. The van der Waals surface area contributed by atoms with Crippen molar-refractivity contribution in [2.75, 3.05) is 17.7 Å². The number of amides is 1. The number of rotatable bonds is 5. The van der Waals surface area contributed by atoms with Crippen LogP contribution in [0.5, 0.6) is 5.75 Å². The van der Waals surface area contributed by atoms with Crippen LogP contribution in [0.2, 0.25) is 5.02 Å². The lowest BCUT2D eigenvalue weighted by atomic mass is 10.2. The van der Waals surface area contributed by atoms with Gasteiger partial charge < -0.3 is 15.4 Å². The molecule has 5 heteroatoms. The number of ether oxygens (including phenoxy) is 1. The molecule has 2 rings (SSSR count). The van der Waals surface area contributed by atoms with Crippen molar-refractivity contribution in [2.45, 2.75) is 13.0 Å². The lowest BCUT2D eigenvalue weighted by Crippen LogP contribution is -2.31. The lowest BCUT2D eigenvalue weighted by molar-refractivity contribution is -0.116. The Hall–Kier alpha value is -2.20. The van der Waals surface area contributed by atoms with Crippen LogP contribution >= 0.6 is 11.6 Å². The molecule has 4 nitrogen and oxygen atoms in total. The van der Waals surface area contributed by atoms with Crippen molar-refractivity contribution >= 4 is 28.9 Å². The number of anilines is 2. The predicted octanol–water partition coefficient (Wildman–Crippen LogP) is 3.79. The Labute approximate surface area is 129 Å². The summed E-state index contributed by atoms with van der Waals surface area (Å²) in [6, 6.07) is 14.2. The van der Waals surface area contributed by atoms with Crippen LogP contribution in [-0.4, -0.2) is 19.1 Å². The Bertz CT molecular complexity index is 617. The molecule has 1 amide bonds. The van der Waals surface area contributed by atoms with Crippen molar-refractivity contribution in [2.24, 2.45) is 0 Å². The van der Waals surface area contributed by atoms with Gasteiger partial charge in [-0.2, -0.15) is 0 Å². The molecular formula is C16H17ClN2O2. The Kier molecular flexibility index (Phi) is 5.06. The Morgan fingerprint density at radius 1 is 1.19 bits per heavy atom. The summed E-state index contributed by atoms with van der Waals surface area (Å²) in [7, 11) is 1.55. The van der Waals surface area contributed by atoms with Gasteiger partial charge in [0.15, 0.2) is 0 Å². The number of carbonyl (C=O) groups is 1. The highest BCUT2D eigenvalue weighted by molar-refractivity contribution is 6.31. The number of carbonyl (C=O) groups excluding carboxylic acids is 1. The maximum Gasteiger partial charge on any atom is 0.246 e. The van der Waals surface area contributed by atoms with Gasteiger partial charge in [0.1, 0.15) is 11.8 Å². The van der Waals surface area contributed by atoms with E-state index in [4.69, 9.17) is 16.3 Å². The van der Waals surface area contributed by atoms with E-state index in [0.29, 0.717) is 16.5 Å². The quantitative estimate of drug-likeness (QED) is 0.883. The largest absolute Gasteiger partial charge is 0.495 e. The minimum absolute atomic E-state index is 0.167. The molecule has 21 heavy (non-hydrogen) atoms. The van der Waals surface area contributed by atoms with Crippen LogP contribution in [0.3, 0.4) is 0 Å². The van der Waals surface area contributed by atoms with Gasteiger partial charge in [-0.3, -0.25) is 4.79 Å². The highest BCUT2D eigenvalue weighted by Gasteiger charge is 2.15. The van der Waals surface area contributed by atoms with Gasteiger partial charge >= 0.3 is 0 Å². The smallest absolute Gasteiger partial charge is 0.246 e. The molecular weight excluding hydrogens is 288 g/mol. The molecule has 0 radical (unpaired) electrons. The third-order valence-electron chi connectivity index (χ3n) is 2.97. The van der Waals surface area contributed by atoms with E-state index in [1.54, 1.807) is 32.2 Å². The Balaban J connectivity index is 2.05. The van der Waals surface area contributed by atoms with Crippen molar-refractivity contribution in [3.63, 3.8) is 0 Å². The zero-order valence-electron chi connectivity index (χ0n) is 11.9. The molecule has 0 aliphatic carbocycles. The molecule has 0 fully saturated rings. The normalized spacial score (nSPS) is 11.6. The molecule has 0 saturated heterocycles. The molecule has 0 bridgehead atoms. The van der Waals surface area contributed by atoms with Gasteiger partial charge in [-0.1, -0.05) is 29.8 Å². The minimum atomic E-state index is -0.393. The summed E-state index contributed by atoms with van der Waals surface area (Å²) in [5.41, 5.74) is 1.44. The molecule has 2 N–H and O–H groups in total.